The number of likely N-dealkylation sites (tertiary alicyclic amines) is 1. The summed E-state index contributed by atoms with van der Waals surface area (Å²) in [5, 5.41) is 17.0. The third kappa shape index (κ3) is 7.27. The van der Waals surface area contributed by atoms with Gasteiger partial charge in [-0.25, -0.2) is 18.7 Å². The molecule has 6 heterocycles. The van der Waals surface area contributed by atoms with Crippen LogP contribution in [0, 0.1) is 18.6 Å². The lowest BCUT2D eigenvalue weighted by atomic mass is 9.85. The molecule has 15 nitrogen and oxygen atoms in total. The number of morpholine rings is 1. The van der Waals surface area contributed by atoms with E-state index < -0.39 is 64.7 Å². The molecule has 1 unspecified atom stereocenters. The average molecular weight is 844 g/mol. The van der Waals surface area contributed by atoms with Crippen molar-refractivity contribution in [3.05, 3.63) is 97.4 Å². The number of carbonyl (C=O) groups is 2. The van der Waals surface area contributed by atoms with Gasteiger partial charge in [-0.1, -0.05) is 17.7 Å². The van der Waals surface area contributed by atoms with Crippen LogP contribution in [-0.4, -0.2) is 95.2 Å². The first kappa shape index (κ1) is 40.2. The molecule has 2 aromatic carbocycles. The van der Waals surface area contributed by atoms with Crippen LogP contribution in [0.25, 0.3) is 17.2 Å². The molecular formula is C38H35ClF5N9O6. The summed E-state index contributed by atoms with van der Waals surface area (Å²) in [6.07, 6.45) is -4.37. The van der Waals surface area contributed by atoms with Crippen LogP contribution in [0.15, 0.2) is 41.5 Å². The molecule has 3 aliphatic heterocycles. The molecule has 310 valence electrons. The number of rotatable bonds is 7. The Bertz CT molecular complexity index is 2570. The summed E-state index contributed by atoms with van der Waals surface area (Å²) in [6, 6.07) is 4.72. The minimum absolute atomic E-state index is 0.0573. The second-order valence-corrected chi connectivity index (χ2v) is 14.9. The number of piperidine rings is 1. The van der Waals surface area contributed by atoms with Gasteiger partial charge in [0, 0.05) is 32.7 Å². The number of alkyl halides is 3. The number of aryl methyl sites for hydroxylation is 1. The van der Waals surface area contributed by atoms with Crippen LogP contribution >= 0.6 is 11.6 Å². The lowest BCUT2D eigenvalue weighted by Gasteiger charge is -2.39. The predicted octanol–water partition coefficient (Wildman–Crippen LogP) is 5.01. The van der Waals surface area contributed by atoms with E-state index in [2.05, 4.69) is 30.3 Å². The summed E-state index contributed by atoms with van der Waals surface area (Å²) in [5.41, 5.74) is -3.11. The maximum atomic E-state index is 16.1. The molecule has 21 heteroatoms. The van der Waals surface area contributed by atoms with Crippen LogP contribution in [0.1, 0.15) is 64.4 Å². The highest BCUT2D eigenvalue weighted by Gasteiger charge is 2.51. The van der Waals surface area contributed by atoms with E-state index >= 15 is 4.39 Å². The molecule has 2 amide bonds. The van der Waals surface area contributed by atoms with Crippen molar-refractivity contribution in [2.45, 2.75) is 57.7 Å². The molecule has 59 heavy (non-hydrogen) atoms. The Morgan fingerprint density at radius 3 is 2.49 bits per heavy atom. The normalized spacial score (nSPS) is 18.1. The Balaban J connectivity index is 1.18. The van der Waals surface area contributed by atoms with Crippen molar-refractivity contribution >= 4 is 34.9 Å². The number of aromatic hydroxyl groups is 1. The third-order valence-electron chi connectivity index (χ3n) is 10.9. The van der Waals surface area contributed by atoms with Crippen LogP contribution in [-0.2, 0) is 39.1 Å². The summed E-state index contributed by atoms with van der Waals surface area (Å²) in [5.74, 6) is -4.46. The number of fused-ring (bicyclic) bond motifs is 3. The Labute approximate surface area is 336 Å². The number of ether oxygens (including phenoxy) is 2. The molecule has 0 aliphatic carbocycles. The zero-order valence-electron chi connectivity index (χ0n) is 31.4. The monoisotopic (exact) mass is 843 g/mol. The average Bonchev–Trinajstić information content (AvgIpc) is 3.77. The molecular weight excluding hydrogens is 809 g/mol. The Morgan fingerprint density at radius 1 is 1.07 bits per heavy atom. The highest BCUT2D eigenvalue weighted by Crippen LogP contribution is 2.48. The van der Waals surface area contributed by atoms with Crippen molar-refractivity contribution in [3.63, 3.8) is 0 Å². The fourth-order valence-corrected chi connectivity index (χ4v) is 8.09. The molecule has 2 saturated heterocycles. The van der Waals surface area contributed by atoms with Crippen molar-refractivity contribution < 1.29 is 46.1 Å². The van der Waals surface area contributed by atoms with E-state index in [1.54, 1.807) is 13.0 Å². The van der Waals surface area contributed by atoms with Gasteiger partial charge in [0.15, 0.2) is 23.1 Å². The van der Waals surface area contributed by atoms with Gasteiger partial charge in [-0.15, -0.1) is 5.10 Å². The van der Waals surface area contributed by atoms with Crippen LogP contribution in [0.4, 0.5) is 27.6 Å². The Kier molecular flexibility index (Phi) is 10.4. The Hall–Kier alpha value is -5.57. The van der Waals surface area contributed by atoms with Gasteiger partial charge in [-0.2, -0.15) is 22.7 Å². The molecule has 0 saturated carbocycles. The van der Waals surface area contributed by atoms with Gasteiger partial charge in [0.1, 0.15) is 24.3 Å². The van der Waals surface area contributed by atoms with Gasteiger partial charge < -0.3 is 29.4 Å². The summed E-state index contributed by atoms with van der Waals surface area (Å²) < 4.78 is 84.7. The van der Waals surface area contributed by atoms with Crippen LogP contribution in [0.3, 0.4) is 0 Å². The van der Waals surface area contributed by atoms with Crippen molar-refractivity contribution in [1.29, 1.82) is 0 Å². The lowest BCUT2D eigenvalue weighted by Crippen LogP contribution is -2.47. The summed E-state index contributed by atoms with van der Waals surface area (Å²) in [7, 11) is 0. The number of aromatic nitrogens is 6. The number of benzene rings is 2. The van der Waals surface area contributed by atoms with E-state index in [1.165, 1.54) is 22.5 Å². The second-order valence-electron chi connectivity index (χ2n) is 14.5. The molecule has 8 rings (SSSR count). The van der Waals surface area contributed by atoms with Crippen molar-refractivity contribution in [2.24, 2.45) is 0 Å². The Morgan fingerprint density at radius 2 is 1.80 bits per heavy atom. The molecule has 3 aromatic heterocycles. The van der Waals surface area contributed by atoms with Crippen LogP contribution in [0.2, 0.25) is 5.02 Å². The number of hydrogen-bond donors (Lipinski definition) is 2. The van der Waals surface area contributed by atoms with E-state index in [1.807, 2.05) is 0 Å². The molecule has 2 N–H and O–H groups in total. The zero-order chi connectivity index (χ0) is 42.0. The van der Waals surface area contributed by atoms with Gasteiger partial charge in [0.2, 0.25) is 11.7 Å². The first-order valence-electron chi connectivity index (χ1n) is 18.5. The second kappa shape index (κ2) is 15.2. The number of hydrogen-bond acceptors (Lipinski definition) is 11. The molecule has 5 aromatic rings. The van der Waals surface area contributed by atoms with E-state index in [-0.39, 0.29) is 82.6 Å². The summed E-state index contributed by atoms with van der Waals surface area (Å²) >= 11 is 6.54. The topological polar surface area (TPSA) is 169 Å². The fourth-order valence-electron chi connectivity index (χ4n) is 7.87. The molecule has 2 fully saturated rings. The molecule has 0 radical (unpaired) electrons. The third-order valence-corrected chi connectivity index (χ3v) is 11.3. The minimum atomic E-state index is -4.82. The first-order chi connectivity index (χ1) is 28.1. The van der Waals surface area contributed by atoms with Gasteiger partial charge in [-0.3, -0.25) is 19.3 Å². The van der Waals surface area contributed by atoms with Crippen molar-refractivity contribution in [3.8, 4) is 17.1 Å². The number of anilines is 1. The van der Waals surface area contributed by atoms with E-state index in [9.17, 15) is 37.1 Å². The molecule has 1 spiro atoms. The van der Waals surface area contributed by atoms with Gasteiger partial charge in [0.25, 0.3) is 11.5 Å². The number of nitrogens with zero attached hydrogens (tertiary/aromatic N) is 8. The van der Waals surface area contributed by atoms with Gasteiger partial charge >= 0.3 is 6.18 Å². The standard InChI is InChI=1S/C38H35ClF5N9O6/c1-19-32(55)30(46-18-45-19)35(57)51-9-7-37(8-10-51)27-31(20(2)59-37)52(17-26(54)47-25-6-4-22(15-24(25)40)38(42,43)44)36-48-33(49-53(36)34(27)56)23-5-3-21(28(39)29(23)41)16-50-11-13-58-14-12-50/h3-6,15,18,20,55H,7-14,16-17H2,1-2H3,(H,47,54). The smallest absolute Gasteiger partial charge is 0.416 e. The molecule has 3 aliphatic rings. The quantitative estimate of drug-likeness (QED) is 0.212. The van der Waals surface area contributed by atoms with Gasteiger partial charge in [0.05, 0.1) is 58.1 Å². The van der Waals surface area contributed by atoms with E-state index in [0.717, 1.165) is 16.9 Å². The van der Waals surface area contributed by atoms with E-state index in [4.69, 9.17) is 21.1 Å². The SMILES string of the molecule is Cc1ncnc(C(=O)N2CCC3(CC2)OC(C)c2c3c(=O)n3nc(-c4ccc(CN5CCOCC5)c(Cl)c4F)nc3n2CC(=O)Nc2ccc(C(F)(F)F)cc2F)c1O. The largest absolute Gasteiger partial charge is 0.504 e. The lowest BCUT2D eigenvalue weighted by molar-refractivity contribution is -0.137. The fraction of sp³-hybridized carbons (Fsp3) is 0.395. The number of halogens is 6. The van der Waals surface area contributed by atoms with Gasteiger partial charge in [-0.05, 0) is 56.5 Å². The summed E-state index contributed by atoms with van der Waals surface area (Å²) in [4.78, 5) is 57.5. The van der Waals surface area contributed by atoms with Crippen molar-refractivity contribution in [1.82, 2.24) is 38.9 Å². The number of amides is 2. The zero-order valence-corrected chi connectivity index (χ0v) is 32.2. The summed E-state index contributed by atoms with van der Waals surface area (Å²) in [6.45, 7) is 5.28. The highest BCUT2D eigenvalue weighted by molar-refractivity contribution is 6.31. The minimum Gasteiger partial charge on any atom is -0.504 e. The maximum absolute atomic E-state index is 16.1. The van der Waals surface area contributed by atoms with Crippen molar-refractivity contribution in [2.75, 3.05) is 44.7 Å². The maximum Gasteiger partial charge on any atom is 0.416 e. The van der Waals surface area contributed by atoms with Crippen LogP contribution in [0.5, 0.6) is 5.75 Å². The molecule has 1 atom stereocenters. The predicted molar refractivity (Wildman–Crippen MR) is 199 cm³/mol. The van der Waals surface area contributed by atoms with E-state index in [0.29, 0.717) is 44.5 Å². The number of nitrogens with one attached hydrogen (secondary N) is 1. The first-order valence-corrected chi connectivity index (χ1v) is 18.9. The van der Waals surface area contributed by atoms with Crippen LogP contribution < -0.4 is 10.9 Å². The molecule has 0 bridgehead atoms. The highest BCUT2D eigenvalue weighted by atomic mass is 35.5. The number of carbonyl (C=O) groups excluding carboxylic acids is 2.